The van der Waals surface area contributed by atoms with Gasteiger partial charge in [-0.25, -0.2) is 9.97 Å². The molecule has 5 heterocycles. The molecule has 2 aliphatic heterocycles. The van der Waals surface area contributed by atoms with Gasteiger partial charge in [0, 0.05) is 66.8 Å². The second kappa shape index (κ2) is 9.72. The Bertz CT molecular complexity index is 1380. The summed E-state index contributed by atoms with van der Waals surface area (Å²) in [6.07, 6.45) is 3.60. The highest BCUT2D eigenvalue weighted by molar-refractivity contribution is 6.05. The van der Waals surface area contributed by atoms with Crippen molar-refractivity contribution < 1.29 is 9.47 Å². The van der Waals surface area contributed by atoms with E-state index in [0.717, 1.165) is 86.1 Å². The summed E-state index contributed by atoms with van der Waals surface area (Å²) in [7, 11) is 0. The van der Waals surface area contributed by atoms with Gasteiger partial charge in [0.25, 0.3) is 0 Å². The first-order chi connectivity index (χ1) is 17.7. The highest BCUT2D eigenvalue weighted by Crippen LogP contribution is 2.41. The molecule has 8 nitrogen and oxygen atoms in total. The highest BCUT2D eigenvalue weighted by Gasteiger charge is 2.22. The fraction of sp³-hybridized carbons (Fsp3) is 0.321. The molecule has 6 rings (SSSR count). The molecule has 2 saturated heterocycles. The summed E-state index contributed by atoms with van der Waals surface area (Å²) in [6.45, 7) is 8.39. The Labute approximate surface area is 210 Å². The lowest BCUT2D eigenvalue weighted by Crippen LogP contribution is -2.37. The van der Waals surface area contributed by atoms with Crippen molar-refractivity contribution in [2.75, 3.05) is 68.1 Å². The predicted octanol–water partition coefficient (Wildman–Crippen LogP) is 3.92. The predicted molar refractivity (Wildman–Crippen MR) is 143 cm³/mol. The summed E-state index contributed by atoms with van der Waals surface area (Å²) >= 11 is 0. The number of benzene rings is 1. The summed E-state index contributed by atoms with van der Waals surface area (Å²) in [5.41, 5.74) is 15.1. The molecule has 0 spiro atoms. The van der Waals surface area contributed by atoms with Gasteiger partial charge >= 0.3 is 0 Å². The molecule has 4 aromatic rings. The van der Waals surface area contributed by atoms with Crippen LogP contribution in [0, 0.1) is 6.92 Å². The molecular formula is C28H30N6O2. The Kier molecular flexibility index (Phi) is 6.13. The van der Waals surface area contributed by atoms with E-state index in [1.807, 2.05) is 31.3 Å². The highest BCUT2D eigenvalue weighted by atomic mass is 16.5. The minimum atomic E-state index is 0.626. The van der Waals surface area contributed by atoms with Gasteiger partial charge in [-0.1, -0.05) is 6.07 Å². The van der Waals surface area contributed by atoms with Crippen molar-refractivity contribution in [2.24, 2.45) is 0 Å². The molecule has 0 saturated carbocycles. The molecule has 0 aliphatic carbocycles. The number of nitrogen functional groups attached to an aromatic ring is 1. The third-order valence-corrected chi connectivity index (χ3v) is 7.08. The van der Waals surface area contributed by atoms with Crippen LogP contribution in [0.15, 0.2) is 54.9 Å². The molecule has 2 aliphatic rings. The molecular weight excluding hydrogens is 452 g/mol. The van der Waals surface area contributed by atoms with Gasteiger partial charge < -0.3 is 25.0 Å². The van der Waals surface area contributed by atoms with Crippen molar-refractivity contribution >= 4 is 28.1 Å². The standard InChI is InChI=1S/C28H30N6O2/c1-19-26(29)25-21(7-9-31-28(25)32-27(19)23-4-2-3-8-30-23)22-18-20(33-10-14-35-15-11-33)5-6-24(22)34-12-16-36-17-13-34/h2-9,18H,10-17H2,1H3,(H2,29,31,32). The number of hydrogen-bond donors (Lipinski definition) is 1. The van der Waals surface area contributed by atoms with Gasteiger partial charge in [0.05, 0.1) is 43.2 Å². The number of nitrogens with two attached hydrogens (primary N) is 1. The van der Waals surface area contributed by atoms with Crippen molar-refractivity contribution in [3.05, 3.63) is 60.4 Å². The topological polar surface area (TPSA) is 89.6 Å². The Morgan fingerprint density at radius 3 is 2.28 bits per heavy atom. The maximum absolute atomic E-state index is 6.84. The van der Waals surface area contributed by atoms with E-state index < -0.39 is 0 Å². The van der Waals surface area contributed by atoms with Crippen LogP contribution < -0.4 is 15.5 Å². The van der Waals surface area contributed by atoms with Crippen molar-refractivity contribution in [1.29, 1.82) is 0 Å². The van der Waals surface area contributed by atoms with E-state index in [0.29, 0.717) is 11.3 Å². The van der Waals surface area contributed by atoms with Gasteiger partial charge in [-0.05, 0) is 48.9 Å². The van der Waals surface area contributed by atoms with Gasteiger partial charge in [0.15, 0.2) is 5.65 Å². The van der Waals surface area contributed by atoms with E-state index in [-0.39, 0.29) is 0 Å². The number of fused-ring (bicyclic) bond motifs is 1. The van der Waals surface area contributed by atoms with Crippen LogP contribution in [0.1, 0.15) is 5.56 Å². The number of ether oxygens (including phenoxy) is 2. The first kappa shape index (κ1) is 22.7. The zero-order valence-electron chi connectivity index (χ0n) is 20.5. The van der Waals surface area contributed by atoms with Gasteiger partial charge in [-0.15, -0.1) is 0 Å². The molecule has 0 bridgehead atoms. The number of pyridine rings is 3. The third kappa shape index (κ3) is 4.12. The zero-order chi connectivity index (χ0) is 24.5. The van der Waals surface area contributed by atoms with Crippen LogP contribution in [0.2, 0.25) is 0 Å². The second-order valence-corrected chi connectivity index (χ2v) is 9.17. The summed E-state index contributed by atoms with van der Waals surface area (Å²) in [6, 6.07) is 14.6. The molecule has 1 aromatic carbocycles. The number of morpholine rings is 2. The summed E-state index contributed by atoms with van der Waals surface area (Å²) in [4.78, 5) is 18.8. The van der Waals surface area contributed by atoms with E-state index in [9.17, 15) is 0 Å². The first-order valence-corrected chi connectivity index (χ1v) is 12.5. The quantitative estimate of drug-likeness (QED) is 0.468. The number of rotatable bonds is 4. The maximum Gasteiger partial charge on any atom is 0.162 e. The van der Waals surface area contributed by atoms with Gasteiger partial charge in [-0.3, -0.25) is 4.98 Å². The molecule has 3 aromatic heterocycles. The van der Waals surface area contributed by atoms with Crippen molar-refractivity contribution in [1.82, 2.24) is 15.0 Å². The average molecular weight is 483 g/mol. The zero-order valence-corrected chi connectivity index (χ0v) is 20.5. The minimum absolute atomic E-state index is 0.626. The lowest BCUT2D eigenvalue weighted by molar-refractivity contribution is 0.122. The van der Waals surface area contributed by atoms with E-state index in [4.69, 9.17) is 20.2 Å². The third-order valence-electron chi connectivity index (χ3n) is 7.08. The van der Waals surface area contributed by atoms with E-state index in [1.54, 1.807) is 6.20 Å². The van der Waals surface area contributed by atoms with Crippen LogP contribution in [0.25, 0.3) is 33.5 Å². The second-order valence-electron chi connectivity index (χ2n) is 9.17. The minimum Gasteiger partial charge on any atom is -0.398 e. The maximum atomic E-state index is 6.84. The molecule has 0 radical (unpaired) electrons. The molecule has 0 unspecified atom stereocenters. The number of hydrogen-bond acceptors (Lipinski definition) is 8. The monoisotopic (exact) mass is 482 g/mol. The molecule has 2 N–H and O–H groups in total. The van der Waals surface area contributed by atoms with Crippen molar-refractivity contribution in [2.45, 2.75) is 6.92 Å². The summed E-state index contributed by atoms with van der Waals surface area (Å²) in [5.74, 6) is 0. The van der Waals surface area contributed by atoms with Crippen molar-refractivity contribution in [3.8, 4) is 22.5 Å². The largest absolute Gasteiger partial charge is 0.398 e. The Balaban J connectivity index is 1.55. The fourth-order valence-electron chi connectivity index (χ4n) is 5.12. The number of anilines is 3. The average Bonchev–Trinajstić information content (AvgIpc) is 2.95. The Morgan fingerprint density at radius 1 is 0.806 bits per heavy atom. The van der Waals surface area contributed by atoms with Gasteiger partial charge in [0.2, 0.25) is 0 Å². The van der Waals surface area contributed by atoms with Crippen LogP contribution in [0.4, 0.5) is 17.1 Å². The molecule has 8 heteroatoms. The molecule has 0 amide bonds. The van der Waals surface area contributed by atoms with Gasteiger partial charge in [-0.2, -0.15) is 0 Å². The lowest BCUT2D eigenvalue weighted by atomic mass is 9.96. The van der Waals surface area contributed by atoms with Crippen LogP contribution >= 0.6 is 0 Å². The summed E-state index contributed by atoms with van der Waals surface area (Å²) < 4.78 is 11.2. The number of nitrogens with zero attached hydrogens (tertiary/aromatic N) is 5. The van der Waals surface area contributed by atoms with Crippen LogP contribution in [0.5, 0.6) is 0 Å². The SMILES string of the molecule is Cc1c(-c2ccccn2)nc2nccc(-c3cc(N4CCOCC4)ccc3N3CCOCC3)c2c1N. The normalized spacial score (nSPS) is 16.5. The van der Waals surface area contributed by atoms with E-state index >= 15 is 0 Å². The summed E-state index contributed by atoms with van der Waals surface area (Å²) in [5, 5.41) is 0.878. The Hall–Kier alpha value is -3.75. The Morgan fingerprint density at radius 2 is 1.56 bits per heavy atom. The smallest absolute Gasteiger partial charge is 0.162 e. The fourth-order valence-corrected chi connectivity index (χ4v) is 5.12. The molecule has 184 valence electrons. The molecule has 36 heavy (non-hydrogen) atoms. The van der Waals surface area contributed by atoms with Crippen LogP contribution in [0.3, 0.4) is 0 Å². The molecule has 0 atom stereocenters. The first-order valence-electron chi connectivity index (χ1n) is 12.5. The van der Waals surface area contributed by atoms with Gasteiger partial charge in [0.1, 0.15) is 0 Å². The molecule has 2 fully saturated rings. The number of aromatic nitrogens is 3. The van der Waals surface area contributed by atoms with Crippen molar-refractivity contribution in [3.63, 3.8) is 0 Å². The van der Waals surface area contributed by atoms with E-state index in [1.165, 1.54) is 11.4 Å². The van der Waals surface area contributed by atoms with Crippen LogP contribution in [-0.2, 0) is 9.47 Å². The van der Waals surface area contributed by atoms with E-state index in [2.05, 4.69) is 44.0 Å². The van der Waals surface area contributed by atoms with Crippen LogP contribution in [-0.4, -0.2) is 67.6 Å². The lowest BCUT2D eigenvalue weighted by Gasteiger charge is -2.33.